The van der Waals surface area contributed by atoms with Crippen LogP contribution in [0.1, 0.15) is 12.5 Å². The molecular formula is C11H11BrO3. The Morgan fingerprint density at radius 2 is 2.07 bits per heavy atom. The van der Waals surface area contributed by atoms with E-state index in [2.05, 4.69) is 15.9 Å². The first-order valence-electron chi connectivity index (χ1n) is 4.40. The van der Waals surface area contributed by atoms with E-state index in [4.69, 9.17) is 9.84 Å². The summed E-state index contributed by atoms with van der Waals surface area (Å²) in [6.07, 6.45) is 1.05. The van der Waals surface area contributed by atoms with E-state index in [9.17, 15) is 4.79 Å². The maximum Gasteiger partial charge on any atom is 0.344 e. The summed E-state index contributed by atoms with van der Waals surface area (Å²) in [6.45, 7) is 1.49. The van der Waals surface area contributed by atoms with Gasteiger partial charge in [-0.3, -0.25) is 0 Å². The minimum atomic E-state index is -0.973. The van der Waals surface area contributed by atoms with Gasteiger partial charge in [0.1, 0.15) is 5.75 Å². The van der Waals surface area contributed by atoms with Crippen molar-refractivity contribution in [2.75, 3.05) is 0 Å². The molecule has 0 heterocycles. The second kappa shape index (κ2) is 5.56. The first-order valence-corrected chi connectivity index (χ1v) is 5.31. The summed E-state index contributed by atoms with van der Waals surface area (Å²) >= 11 is 3.17. The molecule has 1 aromatic carbocycles. The third-order valence-electron chi connectivity index (χ3n) is 1.80. The Kier molecular flexibility index (Phi) is 4.37. The molecule has 80 valence electrons. The Hall–Kier alpha value is -1.29. The van der Waals surface area contributed by atoms with Crippen LogP contribution >= 0.6 is 15.9 Å². The monoisotopic (exact) mass is 270 g/mol. The number of ether oxygens (including phenoxy) is 1. The van der Waals surface area contributed by atoms with Crippen LogP contribution < -0.4 is 4.74 Å². The molecule has 0 aliphatic rings. The van der Waals surface area contributed by atoms with Crippen molar-refractivity contribution in [3.05, 3.63) is 34.8 Å². The molecule has 0 saturated carbocycles. The zero-order valence-electron chi connectivity index (χ0n) is 8.18. The van der Waals surface area contributed by atoms with Gasteiger partial charge in [0, 0.05) is 0 Å². The summed E-state index contributed by atoms with van der Waals surface area (Å²) in [4.78, 5) is 12.3. The quantitative estimate of drug-likeness (QED) is 0.915. The smallest absolute Gasteiger partial charge is 0.344 e. The van der Waals surface area contributed by atoms with Crippen molar-refractivity contribution in [3.63, 3.8) is 0 Å². The lowest BCUT2D eigenvalue weighted by atomic mass is 10.2. The Morgan fingerprint density at radius 3 is 2.53 bits per heavy atom. The van der Waals surface area contributed by atoms with Crippen LogP contribution in [0.2, 0.25) is 0 Å². The Labute approximate surface area is 96.5 Å². The molecule has 0 fully saturated rings. The lowest BCUT2D eigenvalue weighted by Gasteiger charge is -2.09. The molecule has 1 unspecified atom stereocenters. The second-order valence-corrected chi connectivity index (χ2v) is 3.49. The number of carboxylic acids is 1. The van der Waals surface area contributed by atoms with Gasteiger partial charge in [0.05, 0.1) is 0 Å². The third kappa shape index (κ3) is 3.75. The molecule has 0 radical (unpaired) electrons. The van der Waals surface area contributed by atoms with Gasteiger partial charge in [-0.2, -0.15) is 0 Å². The predicted octanol–water partition coefficient (Wildman–Crippen LogP) is 2.90. The highest BCUT2D eigenvalue weighted by Gasteiger charge is 2.11. The number of aliphatic carboxylic acids is 1. The lowest BCUT2D eigenvalue weighted by Crippen LogP contribution is -2.22. The molecule has 1 atom stereocenters. The molecular weight excluding hydrogens is 260 g/mol. The van der Waals surface area contributed by atoms with E-state index in [-0.39, 0.29) is 0 Å². The Bertz CT molecular complexity index is 357. The maximum absolute atomic E-state index is 10.5. The van der Waals surface area contributed by atoms with Gasteiger partial charge in [-0.05, 0) is 35.7 Å². The predicted molar refractivity (Wildman–Crippen MR) is 62.1 cm³/mol. The third-order valence-corrected chi connectivity index (χ3v) is 2.06. The Morgan fingerprint density at radius 1 is 1.47 bits per heavy atom. The molecule has 1 rings (SSSR count). The highest BCUT2D eigenvalue weighted by Crippen LogP contribution is 2.15. The number of rotatable bonds is 4. The molecule has 4 heteroatoms. The van der Waals surface area contributed by atoms with Crippen molar-refractivity contribution in [3.8, 4) is 5.75 Å². The van der Waals surface area contributed by atoms with Gasteiger partial charge in [-0.25, -0.2) is 4.79 Å². The minimum absolute atomic E-state index is 0.552. The molecule has 0 bridgehead atoms. The summed E-state index contributed by atoms with van der Waals surface area (Å²) in [5, 5.41) is 8.64. The lowest BCUT2D eigenvalue weighted by molar-refractivity contribution is -0.144. The summed E-state index contributed by atoms with van der Waals surface area (Å²) in [5.41, 5.74) is 1.02. The number of hydrogen-bond donors (Lipinski definition) is 1. The highest BCUT2D eigenvalue weighted by molar-refractivity contribution is 9.11. The van der Waals surface area contributed by atoms with E-state index in [0.29, 0.717) is 5.75 Å². The summed E-state index contributed by atoms with van der Waals surface area (Å²) < 4.78 is 5.17. The van der Waals surface area contributed by atoms with Crippen LogP contribution in [0.5, 0.6) is 5.75 Å². The van der Waals surface area contributed by atoms with Crippen LogP contribution in [-0.2, 0) is 4.79 Å². The van der Waals surface area contributed by atoms with Gasteiger partial charge in [-0.15, -0.1) is 0 Å². The first kappa shape index (κ1) is 11.8. The van der Waals surface area contributed by atoms with E-state index in [1.807, 2.05) is 18.2 Å². The van der Waals surface area contributed by atoms with Crippen LogP contribution in [0.25, 0.3) is 6.08 Å². The summed E-state index contributed by atoms with van der Waals surface area (Å²) in [6, 6.07) is 7.17. The number of benzene rings is 1. The van der Waals surface area contributed by atoms with Gasteiger partial charge >= 0.3 is 5.97 Å². The van der Waals surface area contributed by atoms with Gasteiger partial charge in [0.15, 0.2) is 6.10 Å². The molecule has 3 nitrogen and oxygen atoms in total. The number of carbonyl (C=O) groups is 1. The largest absolute Gasteiger partial charge is 0.479 e. The average Bonchev–Trinajstić information content (AvgIpc) is 2.21. The molecule has 1 aromatic rings. The van der Waals surface area contributed by atoms with E-state index in [0.717, 1.165) is 5.56 Å². The minimum Gasteiger partial charge on any atom is -0.479 e. The second-order valence-electron chi connectivity index (χ2n) is 2.96. The zero-order valence-corrected chi connectivity index (χ0v) is 9.77. The van der Waals surface area contributed by atoms with E-state index in [1.54, 1.807) is 17.1 Å². The number of carboxylic acid groups (broad SMARTS) is 1. The molecule has 1 N–H and O–H groups in total. The van der Waals surface area contributed by atoms with Crippen molar-refractivity contribution >= 4 is 28.0 Å². The van der Waals surface area contributed by atoms with Crippen LogP contribution in [0.4, 0.5) is 0 Å². The van der Waals surface area contributed by atoms with Gasteiger partial charge in [-0.1, -0.05) is 28.1 Å². The zero-order chi connectivity index (χ0) is 11.3. The fraction of sp³-hybridized carbons (Fsp3) is 0.182. The summed E-state index contributed by atoms with van der Waals surface area (Å²) in [7, 11) is 0. The number of halogens is 1. The normalized spacial score (nSPS) is 12.7. The molecule has 0 aliphatic heterocycles. The average molecular weight is 271 g/mol. The van der Waals surface area contributed by atoms with E-state index < -0.39 is 12.1 Å². The fourth-order valence-corrected chi connectivity index (χ4v) is 1.29. The van der Waals surface area contributed by atoms with Crippen molar-refractivity contribution in [2.45, 2.75) is 13.0 Å². The van der Waals surface area contributed by atoms with Crippen LogP contribution in [0, 0.1) is 0 Å². The Balaban J connectivity index is 2.68. The molecule has 0 aliphatic carbocycles. The van der Waals surface area contributed by atoms with Crippen molar-refractivity contribution < 1.29 is 14.6 Å². The molecule has 0 spiro atoms. The SMILES string of the molecule is CC(Oc1ccc(/C=C/Br)cc1)C(=O)O. The standard InChI is InChI=1S/C11H11BrO3/c1-8(11(13)14)15-10-4-2-9(3-5-10)6-7-12/h2-8H,1H3,(H,13,14)/b7-6+. The first-order chi connectivity index (χ1) is 7.13. The van der Waals surface area contributed by atoms with Gasteiger partial charge < -0.3 is 9.84 Å². The summed E-state index contributed by atoms with van der Waals surface area (Å²) in [5.74, 6) is -0.420. The maximum atomic E-state index is 10.5. The number of hydrogen-bond acceptors (Lipinski definition) is 2. The van der Waals surface area contributed by atoms with Gasteiger partial charge in [0.25, 0.3) is 0 Å². The van der Waals surface area contributed by atoms with Crippen molar-refractivity contribution in [2.24, 2.45) is 0 Å². The van der Waals surface area contributed by atoms with Crippen molar-refractivity contribution in [1.29, 1.82) is 0 Å². The van der Waals surface area contributed by atoms with Crippen molar-refractivity contribution in [1.82, 2.24) is 0 Å². The molecule has 15 heavy (non-hydrogen) atoms. The highest BCUT2D eigenvalue weighted by atomic mass is 79.9. The fourth-order valence-electron chi connectivity index (χ4n) is 0.985. The molecule has 0 amide bonds. The van der Waals surface area contributed by atoms with Crippen LogP contribution in [0.3, 0.4) is 0 Å². The topological polar surface area (TPSA) is 46.5 Å². The molecule has 0 saturated heterocycles. The van der Waals surface area contributed by atoms with Crippen LogP contribution in [-0.4, -0.2) is 17.2 Å². The van der Waals surface area contributed by atoms with E-state index in [1.165, 1.54) is 6.92 Å². The van der Waals surface area contributed by atoms with Gasteiger partial charge in [0.2, 0.25) is 0 Å². The molecule has 0 aromatic heterocycles. The van der Waals surface area contributed by atoms with E-state index >= 15 is 0 Å². The van der Waals surface area contributed by atoms with Crippen LogP contribution in [0.15, 0.2) is 29.3 Å².